The fourth-order valence-corrected chi connectivity index (χ4v) is 2.55. The van der Waals surface area contributed by atoms with E-state index in [0.717, 1.165) is 11.3 Å². The largest absolute Gasteiger partial charge is 0.454 e. The van der Waals surface area contributed by atoms with E-state index in [-0.39, 0.29) is 30.2 Å². The maximum absolute atomic E-state index is 12.2. The quantitative estimate of drug-likeness (QED) is 0.860. The second kappa shape index (κ2) is 6.61. The highest BCUT2D eigenvalue weighted by molar-refractivity contribution is 7.13. The minimum Gasteiger partial charge on any atom is -0.454 e. The van der Waals surface area contributed by atoms with Crippen LogP contribution in [0.4, 0.5) is 5.69 Å². The second-order valence-electron chi connectivity index (χ2n) is 4.65. The van der Waals surface area contributed by atoms with E-state index in [1.165, 1.54) is 0 Å². The van der Waals surface area contributed by atoms with E-state index in [2.05, 4.69) is 20.8 Å². The molecule has 1 aromatic carbocycles. The van der Waals surface area contributed by atoms with Crippen LogP contribution in [0.3, 0.4) is 0 Å². The molecule has 23 heavy (non-hydrogen) atoms. The topological polar surface area (TPSA) is 102 Å². The van der Waals surface area contributed by atoms with Crippen LogP contribution in [0.25, 0.3) is 0 Å². The predicted molar refractivity (Wildman–Crippen MR) is 82.6 cm³/mol. The molecule has 0 unspecified atom stereocenters. The summed E-state index contributed by atoms with van der Waals surface area (Å²) >= 11 is 1.13. The number of aromatic nitrogens is 2. The number of rotatable bonds is 5. The van der Waals surface area contributed by atoms with Gasteiger partial charge in [-0.15, -0.1) is 10.2 Å². The maximum Gasteiger partial charge on any atom is 0.286 e. The Morgan fingerprint density at radius 1 is 1.26 bits per heavy atom. The summed E-state index contributed by atoms with van der Waals surface area (Å²) in [5, 5.41) is 13.9. The number of nitrogens with zero attached hydrogens (tertiary/aromatic N) is 2. The molecule has 2 aromatic rings. The standard InChI is InChI=1S/C14H14N4O4S/c1-2-11(19)15-6-12-17-18-14(23-12)13(20)16-8-3-4-9-10(5-8)22-7-21-9/h3-5H,2,6-7H2,1H3,(H,15,19)(H,16,20). The Labute approximate surface area is 135 Å². The minimum absolute atomic E-state index is 0.0773. The zero-order chi connectivity index (χ0) is 16.2. The zero-order valence-electron chi connectivity index (χ0n) is 12.3. The van der Waals surface area contributed by atoms with Gasteiger partial charge in [0, 0.05) is 18.2 Å². The van der Waals surface area contributed by atoms with E-state index < -0.39 is 0 Å². The van der Waals surface area contributed by atoms with Crippen molar-refractivity contribution in [3.63, 3.8) is 0 Å². The van der Waals surface area contributed by atoms with Crippen molar-refractivity contribution in [1.29, 1.82) is 0 Å². The molecule has 2 heterocycles. The molecule has 1 aliphatic rings. The van der Waals surface area contributed by atoms with Gasteiger partial charge in [0.25, 0.3) is 5.91 Å². The molecule has 0 spiro atoms. The van der Waals surface area contributed by atoms with E-state index in [1.54, 1.807) is 25.1 Å². The summed E-state index contributed by atoms with van der Waals surface area (Å²) in [6.45, 7) is 2.21. The van der Waals surface area contributed by atoms with E-state index in [1.807, 2.05) is 0 Å². The third-order valence-corrected chi connectivity index (χ3v) is 3.97. The lowest BCUT2D eigenvalue weighted by Crippen LogP contribution is -2.21. The van der Waals surface area contributed by atoms with Gasteiger partial charge in [0.05, 0.1) is 6.54 Å². The Morgan fingerprint density at radius 3 is 2.91 bits per heavy atom. The fourth-order valence-electron chi connectivity index (χ4n) is 1.87. The number of carbonyl (C=O) groups excluding carboxylic acids is 2. The number of carbonyl (C=O) groups is 2. The van der Waals surface area contributed by atoms with Crippen LogP contribution in [-0.2, 0) is 11.3 Å². The van der Waals surface area contributed by atoms with E-state index in [9.17, 15) is 9.59 Å². The Kier molecular flexibility index (Phi) is 4.38. The third-order valence-electron chi connectivity index (χ3n) is 3.05. The molecule has 2 N–H and O–H groups in total. The average molecular weight is 334 g/mol. The summed E-state index contributed by atoms with van der Waals surface area (Å²) in [4.78, 5) is 23.4. The van der Waals surface area contributed by atoms with Gasteiger partial charge in [0.15, 0.2) is 11.5 Å². The lowest BCUT2D eigenvalue weighted by atomic mass is 10.3. The van der Waals surface area contributed by atoms with Crippen LogP contribution in [0.5, 0.6) is 11.5 Å². The van der Waals surface area contributed by atoms with Gasteiger partial charge in [-0.25, -0.2) is 0 Å². The molecule has 0 aliphatic carbocycles. The molecule has 1 aromatic heterocycles. The lowest BCUT2D eigenvalue weighted by molar-refractivity contribution is -0.120. The molecular weight excluding hydrogens is 320 g/mol. The number of nitrogens with one attached hydrogen (secondary N) is 2. The van der Waals surface area contributed by atoms with Crippen LogP contribution in [-0.4, -0.2) is 28.8 Å². The van der Waals surface area contributed by atoms with Crippen LogP contribution in [0.2, 0.25) is 0 Å². The smallest absolute Gasteiger partial charge is 0.286 e. The molecule has 9 heteroatoms. The van der Waals surface area contributed by atoms with Crippen molar-refractivity contribution in [3.8, 4) is 11.5 Å². The SMILES string of the molecule is CCC(=O)NCc1nnc(C(=O)Nc2ccc3c(c2)OCO3)s1. The van der Waals surface area contributed by atoms with Crippen molar-refractivity contribution >= 4 is 28.8 Å². The minimum atomic E-state index is -0.366. The summed E-state index contributed by atoms with van der Waals surface area (Å²) in [7, 11) is 0. The number of ether oxygens (including phenoxy) is 2. The first kappa shape index (κ1) is 15.2. The highest BCUT2D eigenvalue weighted by atomic mass is 32.1. The molecular formula is C14H14N4O4S. The Morgan fingerprint density at radius 2 is 2.09 bits per heavy atom. The van der Waals surface area contributed by atoms with Gasteiger partial charge < -0.3 is 20.1 Å². The first-order valence-corrected chi connectivity index (χ1v) is 7.77. The summed E-state index contributed by atoms with van der Waals surface area (Å²) in [6.07, 6.45) is 0.399. The Hall–Kier alpha value is -2.68. The summed E-state index contributed by atoms with van der Waals surface area (Å²) < 4.78 is 10.5. The predicted octanol–water partition coefficient (Wildman–Crippen LogP) is 1.55. The van der Waals surface area contributed by atoms with Gasteiger partial charge >= 0.3 is 0 Å². The molecule has 8 nitrogen and oxygen atoms in total. The van der Waals surface area contributed by atoms with Crippen LogP contribution in [0.1, 0.15) is 28.2 Å². The number of hydrogen-bond donors (Lipinski definition) is 2. The molecule has 0 bridgehead atoms. The van der Waals surface area contributed by atoms with Crippen LogP contribution in [0.15, 0.2) is 18.2 Å². The average Bonchev–Trinajstić information content (AvgIpc) is 3.21. The monoisotopic (exact) mass is 334 g/mol. The second-order valence-corrected chi connectivity index (χ2v) is 5.72. The van der Waals surface area contributed by atoms with Crippen molar-refractivity contribution in [1.82, 2.24) is 15.5 Å². The third kappa shape index (κ3) is 3.57. The van der Waals surface area contributed by atoms with Gasteiger partial charge in [0.2, 0.25) is 17.7 Å². The highest BCUT2D eigenvalue weighted by Gasteiger charge is 2.17. The number of fused-ring (bicyclic) bond motifs is 1. The fraction of sp³-hybridized carbons (Fsp3) is 0.286. The van der Waals surface area contributed by atoms with E-state index in [0.29, 0.717) is 28.6 Å². The van der Waals surface area contributed by atoms with Crippen molar-refractivity contribution in [2.45, 2.75) is 19.9 Å². The first-order chi connectivity index (χ1) is 11.2. The molecule has 2 amide bonds. The Balaban J connectivity index is 1.62. The molecule has 3 rings (SSSR count). The first-order valence-electron chi connectivity index (χ1n) is 6.96. The number of hydrogen-bond acceptors (Lipinski definition) is 7. The number of anilines is 1. The molecule has 120 valence electrons. The lowest BCUT2D eigenvalue weighted by Gasteiger charge is -2.03. The van der Waals surface area contributed by atoms with Crippen molar-refractivity contribution in [3.05, 3.63) is 28.2 Å². The normalized spacial score (nSPS) is 12.0. The summed E-state index contributed by atoms with van der Waals surface area (Å²) in [6, 6.07) is 5.13. The molecule has 0 atom stereocenters. The van der Waals surface area contributed by atoms with Gasteiger partial charge in [-0.2, -0.15) is 0 Å². The molecule has 0 fully saturated rings. The van der Waals surface area contributed by atoms with Gasteiger partial charge in [-0.05, 0) is 12.1 Å². The Bertz CT molecular complexity index is 746. The van der Waals surface area contributed by atoms with E-state index in [4.69, 9.17) is 9.47 Å². The van der Waals surface area contributed by atoms with Gasteiger partial charge in [0.1, 0.15) is 5.01 Å². The van der Waals surface area contributed by atoms with Crippen LogP contribution < -0.4 is 20.1 Å². The molecule has 0 saturated heterocycles. The maximum atomic E-state index is 12.2. The van der Waals surface area contributed by atoms with E-state index >= 15 is 0 Å². The molecule has 0 radical (unpaired) electrons. The van der Waals surface area contributed by atoms with Crippen molar-refractivity contribution in [2.24, 2.45) is 0 Å². The highest BCUT2D eigenvalue weighted by Crippen LogP contribution is 2.34. The van der Waals surface area contributed by atoms with Crippen molar-refractivity contribution in [2.75, 3.05) is 12.1 Å². The zero-order valence-corrected chi connectivity index (χ0v) is 13.1. The molecule has 1 aliphatic heterocycles. The number of benzene rings is 1. The van der Waals surface area contributed by atoms with Crippen molar-refractivity contribution < 1.29 is 19.1 Å². The molecule has 0 saturated carbocycles. The summed E-state index contributed by atoms with van der Waals surface area (Å²) in [5.41, 5.74) is 0.579. The van der Waals surface area contributed by atoms with Crippen LogP contribution >= 0.6 is 11.3 Å². The summed E-state index contributed by atoms with van der Waals surface area (Å²) in [5.74, 6) is 0.789. The van der Waals surface area contributed by atoms with Gasteiger partial charge in [-0.1, -0.05) is 18.3 Å². The van der Waals surface area contributed by atoms with Crippen LogP contribution in [0, 0.1) is 0 Å². The van der Waals surface area contributed by atoms with Gasteiger partial charge in [-0.3, -0.25) is 9.59 Å². The number of amides is 2.